The standard InChI is InChI=1S/C22H19NO3.C21H17NO4.C15H13NO3.3C3H7NO.3Li/c1-15-6-8-16(9-7-15)14-17-10-12-18(13-11-17)23-21(24)19-4-2-3-5-20(19)22(25)26;1-14-6-10-16(11-7-14)26-17-12-8-15(9-13-17)22-20(23)18-4-2-3-5-19(18)21(24)25;1-10-5-4-6-11(9-10)16-14(17)12-7-2-3-8-13(12)15(18)19;3*1-3(5)4-2;;;/h2-13H,14H2,1H3,(H,23,24)(H,25,26);2-13H,1H3,(H,22,23)(H,24,25);2-9H,1H3,(H,16,17)(H,18,19);3*1-2H3,(H,4,5);;;/q;;;;;;3*+1/p-3. The van der Waals surface area contributed by atoms with Crippen molar-refractivity contribution in [2.75, 3.05) is 37.1 Å². The summed E-state index contributed by atoms with van der Waals surface area (Å²) in [6.45, 7) is 10.4. The molecule has 0 aliphatic carbocycles. The molecule has 8 aromatic rings. The first-order valence-corrected chi connectivity index (χ1v) is 26.4. The summed E-state index contributed by atoms with van der Waals surface area (Å²) >= 11 is 0. The zero-order valence-electron chi connectivity index (χ0n) is 52.0. The summed E-state index contributed by atoms with van der Waals surface area (Å²) in [4.78, 5) is 99.0. The molecule has 0 saturated carbocycles. The minimum Gasteiger partial charge on any atom is -0.545 e. The van der Waals surface area contributed by atoms with Gasteiger partial charge >= 0.3 is 56.6 Å². The molecular weight excluding hydrogens is 1120 g/mol. The Labute approximate surface area is 554 Å². The third-order valence-electron chi connectivity index (χ3n) is 11.6. The fourth-order valence-electron chi connectivity index (χ4n) is 6.89. The van der Waals surface area contributed by atoms with Crippen LogP contribution < -0.4 is 109 Å². The van der Waals surface area contributed by atoms with Gasteiger partial charge in [0.15, 0.2) is 0 Å². The van der Waals surface area contributed by atoms with Crippen LogP contribution in [0.3, 0.4) is 0 Å². The van der Waals surface area contributed by atoms with Crippen LogP contribution in [0.4, 0.5) is 17.1 Å². The summed E-state index contributed by atoms with van der Waals surface area (Å²) < 4.78 is 5.73. The first kappa shape index (κ1) is 79.6. The smallest absolute Gasteiger partial charge is 0.545 e. The molecule has 89 heavy (non-hydrogen) atoms. The van der Waals surface area contributed by atoms with Gasteiger partial charge in [0.2, 0.25) is 17.7 Å². The van der Waals surface area contributed by atoms with Crippen LogP contribution in [0.2, 0.25) is 0 Å². The Morgan fingerprint density at radius 3 is 0.910 bits per heavy atom. The Balaban J connectivity index is 0.00000116. The maximum Gasteiger partial charge on any atom is 1.00 e. The molecule has 6 amide bonds. The van der Waals surface area contributed by atoms with Crippen LogP contribution in [0.25, 0.3) is 0 Å². The van der Waals surface area contributed by atoms with Gasteiger partial charge in [-0.15, -0.1) is 0 Å². The molecule has 8 aromatic carbocycles. The van der Waals surface area contributed by atoms with Crippen LogP contribution in [-0.2, 0) is 20.8 Å². The molecule has 19 nitrogen and oxygen atoms in total. The van der Waals surface area contributed by atoms with E-state index in [1.165, 1.54) is 68.3 Å². The molecule has 0 spiro atoms. The number of carbonyl (C=O) groups excluding carboxylic acids is 9. The van der Waals surface area contributed by atoms with Gasteiger partial charge in [-0.25, -0.2) is 0 Å². The van der Waals surface area contributed by atoms with E-state index in [1.807, 2.05) is 74.5 Å². The Morgan fingerprint density at radius 2 is 0.607 bits per heavy atom. The van der Waals surface area contributed by atoms with Crippen molar-refractivity contribution in [1.29, 1.82) is 0 Å². The van der Waals surface area contributed by atoms with Gasteiger partial charge in [0.1, 0.15) is 11.5 Å². The number of aryl methyl sites for hydroxylation is 3. The first-order chi connectivity index (χ1) is 40.9. The number of anilines is 3. The molecule has 0 aromatic heterocycles. The molecule has 0 aliphatic rings. The van der Waals surface area contributed by atoms with Crippen molar-refractivity contribution < 1.29 is 120 Å². The van der Waals surface area contributed by atoms with E-state index in [4.69, 9.17) is 4.74 Å². The number of rotatable bonds is 13. The summed E-state index contributed by atoms with van der Waals surface area (Å²) in [7, 11) is 4.80. The SMILES string of the molecule is CNC(C)=O.CNC(C)=O.CNC(C)=O.Cc1ccc(Cc2ccc(NC(=O)c3ccccc3C(=O)[O-])cc2)cc1.Cc1ccc(Oc2ccc(NC(=O)c3ccccc3C(=O)[O-])cc2)cc1.Cc1cccc(NC(=O)c2ccccc2C(=O)[O-])c1.[Li+].[Li+].[Li+]. The average Bonchev–Trinajstić information content (AvgIpc) is 3.69. The van der Waals surface area contributed by atoms with E-state index < -0.39 is 35.6 Å². The number of ether oxygens (including phenoxy) is 1. The molecule has 6 N–H and O–H groups in total. The minimum atomic E-state index is -1.39. The van der Waals surface area contributed by atoms with Crippen LogP contribution in [0, 0.1) is 20.8 Å². The van der Waals surface area contributed by atoms with Crippen molar-refractivity contribution >= 4 is 70.4 Å². The van der Waals surface area contributed by atoms with Crippen molar-refractivity contribution in [3.05, 3.63) is 255 Å². The fraction of sp³-hybridized carbons (Fsp3) is 0.149. The van der Waals surface area contributed by atoms with Gasteiger partial charge in [0, 0.05) is 92.4 Å². The van der Waals surface area contributed by atoms with Crippen LogP contribution in [-0.4, -0.2) is 74.5 Å². The summed E-state index contributed by atoms with van der Waals surface area (Å²) in [5, 5.41) is 48.4. The molecular formula is C67H67Li3N6O13. The number of carboxylic acids is 3. The van der Waals surface area contributed by atoms with Gasteiger partial charge in [-0.05, 0) is 123 Å². The summed E-state index contributed by atoms with van der Waals surface area (Å²) in [6, 6.07) is 55.5. The first-order valence-electron chi connectivity index (χ1n) is 26.4. The maximum absolute atomic E-state index is 12.3. The molecule has 8 rings (SSSR count). The Morgan fingerprint density at radius 1 is 0.337 bits per heavy atom. The molecule has 22 heteroatoms. The summed E-state index contributed by atoms with van der Waals surface area (Å²) in [5.41, 5.74) is 7.30. The molecule has 0 radical (unpaired) electrons. The minimum absolute atomic E-state index is 0. The molecule has 0 unspecified atom stereocenters. The average molecular weight is 1190 g/mol. The molecule has 0 aliphatic heterocycles. The van der Waals surface area contributed by atoms with Crippen LogP contribution in [0.5, 0.6) is 11.5 Å². The number of aromatic carboxylic acids is 3. The van der Waals surface area contributed by atoms with Gasteiger partial charge in [-0.1, -0.05) is 126 Å². The van der Waals surface area contributed by atoms with Crippen molar-refractivity contribution in [2.45, 2.75) is 48.0 Å². The number of carbonyl (C=O) groups is 9. The predicted molar refractivity (Wildman–Crippen MR) is 325 cm³/mol. The largest absolute Gasteiger partial charge is 1.00 e. The quantitative estimate of drug-likeness (QED) is 0.0717. The number of benzene rings is 8. The van der Waals surface area contributed by atoms with E-state index in [-0.39, 0.29) is 108 Å². The Bertz CT molecular complexity index is 3400. The molecule has 0 fully saturated rings. The fourth-order valence-corrected chi connectivity index (χ4v) is 6.89. The summed E-state index contributed by atoms with van der Waals surface area (Å²) in [6.07, 6.45) is 0.808. The monoisotopic (exact) mass is 1180 g/mol. The van der Waals surface area contributed by atoms with Crippen LogP contribution in [0.15, 0.2) is 194 Å². The van der Waals surface area contributed by atoms with E-state index >= 15 is 0 Å². The normalized spacial score (nSPS) is 9.27. The van der Waals surface area contributed by atoms with Crippen LogP contribution in [0.1, 0.15) is 111 Å². The second-order valence-corrected chi connectivity index (χ2v) is 18.4. The molecule has 0 saturated heterocycles. The zero-order chi connectivity index (χ0) is 63.7. The molecule has 0 bridgehead atoms. The Kier molecular flexibility index (Phi) is 37.9. The summed E-state index contributed by atoms with van der Waals surface area (Å²) in [5.74, 6) is -4.23. The van der Waals surface area contributed by atoms with Gasteiger partial charge < -0.3 is 66.3 Å². The number of hydrogen-bond donors (Lipinski definition) is 6. The second-order valence-electron chi connectivity index (χ2n) is 18.4. The van der Waals surface area contributed by atoms with Gasteiger partial charge in [-0.3, -0.25) is 28.8 Å². The number of hydrogen-bond acceptors (Lipinski definition) is 13. The van der Waals surface area contributed by atoms with E-state index in [0.29, 0.717) is 22.8 Å². The molecule has 0 heterocycles. The van der Waals surface area contributed by atoms with Crippen molar-refractivity contribution in [3.63, 3.8) is 0 Å². The van der Waals surface area contributed by atoms with Crippen molar-refractivity contribution in [1.82, 2.24) is 16.0 Å². The number of carboxylic acid groups (broad SMARTS) is 3. The van der Waals surface area contributed by atoms with Crippen molar-refractivity contribution in [3.8, 4) is 11.5 Å². The van der Waals surface area contributed by atoms with E-state index in [2.05, 4.69) is 63.1 Å². The van der Waals surface area contributed by atoms with E-state index in [0.717, 1.165) is 28.9 Å². The number of amides is 6. The van der Waals surface area contributed by atoms with E-state index in [9.17, 15) is 58.5 Å². The zero-order valence-corrected chi connectivity index (χ0v) is 52.0. The maximum atomic E-state index is 12.3. The number of nitrogens with one attached hydrogen (secondary N) is 6. The topological polar surface area (TPSA) is 304 Å². The molecule has 446 valence electrons. The second kappa shape index (κ2) is 42.4. The van der Waals surface area contributed by atoms with Gasteiger partial charge in [0.05, 0.1) is 17.9 Å². The molecule has 0 atom stereocenters. The van der Waals surface area contributed by atoms with Crippen LogP contribution >= 0.6 is 0 Å². The van der Waals surface area contributed by atoms with Gasteiger partial charge in [0.25, 0.3) is 17.7 Å². The van der Waals surface area contributed by atoms with Gasteiger partial charge in [-0.2, -0.15) is 0 Å². The van der Waals surface area contributed by atoms with E-state index in [1.54, 1.807) is 93.9 Å². The third-order valence-corrected chi connectivity index (χ3v) is 11.6. The predicted octanol–water partition coefficient (Wildman–Crippen LogP) is -1.52. The van der Waals surface area contributed by atoms with Crippen molar-refractivity contribution in [2.24, 2.45) is 0 Å². The Hall–Kier alpha value is -9.42. The third kappa shape index (κ3) is 30.2.